The minimum Gasteiger partial charge on any atom is -0.390 e. The van der Waals surface area contributed by atoms with E-state index in [1.165, 1.54) is 0 Å². The number of rotatable bonds is 1. The van der Waals surface area contributed by atoms with Gasteiger partial charge in [0, 0.05) is 0 Å². The molecule has 0 unspecified atom stereocenters. The second kappa shape index (κ2) is 1.79. The fourth-order valence-electron chi connectivity index (χ4n) is 0.323. The molecule has 0 atom stereocenters. The first-order chi connectivity index (χ1) is 3.84. The van der Waals surface area contributed by atoms with Crippen molar-refractivity contribution in [3.63, 3.8) is 0 Å². The van der Waals surface area contributed by atoms with Gasteiger partial charge in [-0.1, -0.05) is 5.16 Å². The molecular formula is C3H5N3O2. The molecule has 3 N–H and O–H groups in total. The zero-order valence-corrected chi connectivity index (χ0v) is 4.03. The van der Waals surface area contributed by atoms with Gasteiger partial charge in [0.25, 0.3) is 0 Å². The van der Waals surface area contributed by atoms with Crippen molar-refractivity contribution in [2.45, 2.75) is 6.61 Å². The summed E-state index contributed by atoms with van der Waals surface area (Å²) in [5, 5.41) is 14.9. The van der Waals surface area contributed by atoms with Crippen molar-refractivity contribution < 1.29 is 9.74 Å². The Morgan fingerprint density at radius 3 is 2.62 bits per heavy atom. The number of aromatic nitrogens is 2. The molecule has 0 saturated carbocycles. The Hall–Kier alpha value is -1.10. The van der Waals surface area contributed by atoms with Gasteiger partial charge in [-0.15, -0.1) is 0 Å². The Kier molecular flexibility index (Phi) is 1.13. The summed E-state index contributed by atoms with van der Waals surface area (Å²) in [4.78, 5) is 0. The van der Waals surface area contributed by atoms with Gasteiger partial charge in [0.15, 0.2) is 11.5 Å². The number of nitrogens with zero attached hydrogens (tertiary/aromatic N) is 2. The van der Waals surface area contributed by atoms with E-state index in [1.807, 2.05) is 0 Å². The monoisotopic (exact) mass is 115 g/mol. The first-order valence-electron chi connectivity index (χ1n) is 2.02. The van der Waals surface area contributed by atoms with Gasteiger partial charge >= 0.3 is 0 Å². The summed E-state index contributed by atoms with van der Waals surface area (Å²) in [5.74, 6) is 0.146. The Bertz CT molecular complexity index is 173. The van der Waals surface area contributed by atoms with Crippen LogP contribution in [0.1, 0.15) is 5.69 Å². The van der Waals surface area contributed by atoms with E-state index in [1.54, 1.807) is 0 Å². The minimum atomic E-state index is -0.227. The van der Waals surface area contributed by atoms with E-state index in [0.717, 1.165) is 0 Å². The summed E-state index contributed by atoms with van der Waals surface area (Å²) in [7, 11) is 0. The first-order valence-corrected chi connectivity index (χ1v) is 2.02. The van der Waals surface area contributed by atoms with Crippen LogP contribution < -0.4 is 5.73 Å². The number of nitrogens with two attached hydrogens (primary N) is 1. The number of anilines is 1. The number of aliphatic hydroxyl groups is 1. The van der Waals surface area contributed by atoms with Crippen molar-refractivity contribution >= 4 is 5.82 Å². The van der Waals surface area contributed by atoms with Gasteiger partial charge in [-0.25, -0.2) is 4.63 Å². The molecule has 1 aromatic heterocycles. The molecule has 8 heavy (non-hydrogen) atoms. The van der Waals surface area contributed by atoms with Crippen LogP contribution in [0, 0.1) is 0 Å². The highest BCUT2D eigenvalue weighted by molar-refractivity contribution is 5.29. The fourth-order valence-corrected chi connectivity index (χ4v) is 0.323. The van der Waals surface area contributed by atoms with Crippen molar-refractivity contribution in [1.82, 2.24) is 10.3 Å². The van der Waals surface area contributed by atoms with Crippen molar-refractivity contribution in [3.05, 3.63) is 5.69 Å². The van der Waals surface area contributed by atoms with E-state index < -0.39 is 0 Å². The predicted octanol–water partition coefficient (Wildman–Crippen LogP) is -0.856. The third-order valence-electron chi connectivity index (χ3n) is 0.736. The maximum atomic E-state index is 8.36. The van der Waals surface area contributed by atoms with Crippen molar-refractivity contribution in [2.24, 2.45) is 0 Å². The Morgan fingerprint density at radius 2 is 2.38 bits per heavy atom. The second-order valence-electron chi connectivity index (χ2n) is 1.25. The van der Waals surface area contributed by atoms with Crippen LogP contribution in [0.2, 0.25) is 0 Å². The molecule has 44 valence electrons. The third-order valence-corrected chi connectivity index (χ3v) is 0.736. The third kappa shape index (κ3) is 0.627. The van der Waals surface area contributed by atoms with E-state index in [4.69, 9.17) is 10.8 Å². The highest BCUT2D eigenvalue weighted by Crippen LogP contribution is 2.01. The number of hydrogen-bond donors (Lipinski definition) is 2. The molecular weight excluding hydrogens is 110 g/mol. The largest absolute Gasteiger partial charge is 0.390 e. The summed E-state index contributed by atoms with van der Waals surface area (Å²) in [6.45, 7) is -0.227. The maximum Gasteiger partial charge on any atom is 0.193 e. The van der Waals surface area contributed by atoms with E-state index in [9.17, 15) is 0 Å². The smallest absolute Gasteiger partial charge is 0.193 e. The first kappa shape index (κ1) is 5.04. The molecule has 0 aliphatic carbocycles. The van der Waals surface area contributed by atoms with Crippen LogP contribution in [-0.2, 0) is 6.61 Å². The van der Waals surface area contributed by atoms with E-state index in [2.05, 4.69) is 14.9 Å². The van der Waals surface area contributed by atoms with E-state index in [0.29, 0.717) is 0 Å². The lowest BCUT2D eigenvalue weighted by atomic mass is 10.5. The molecule has 1 rings (SSSR count). The Balaban J connectivity index is 2.92. The molecule has 0 bridgehead atoms. The lowest BCUT2D eigenvalue weighted by Gasteiger charge is -1.80. The lowest BCUT2D eigenvalue weighted by molar-refractivity contribution is 0.254. The van der Waals surface area contributed by atoms with Gasteiger partial charge < -0.3 is 10.8 Å². The summed E-state index contributed by atoms with van der Waals surface area (Å²) < 4.78 is 4.15. The summed E-state index contributed by atoms with van der Waals surface area (Å²) in [5.41, 5.74) is 5.41. The molecule has 0 amide bonds. The van der Waals surface area contributed by atoms with Gasteiger partial charge in [-0.3, -0.25) is 0 Å². The maximum absolute atomic E-state index is 8.36. The summed E-state index contributed by atoms with van der Waals surface area (Å²) in [6.07, 6.45) is 0. The molecule has 0 spiro atoms. The molecule has 5 heteroatoms. The van der Waals surface area contributed by atoms with Crippen LogP contribution in [0.4, 0.5) is 5.82 Å². The van der Waals surface area contributed by atoms with Crippen molar-refractivity contribution in [3.8, 4) is 0 Å². The van der Waals surface area contributed by atoms with Gasteiger partial charge in [0.1, 0.15) is 0 Å². The average Bonchev–Trinajstić information content (AvgIpc) is 2.14. The number of hydrogen-bond acceptors (Lipinski definition) is 5. The van der Waals surface area contributed by atoms with Gasteiger partial charge in [-0.05, 0) is 5.16 Å². The van der Waals surface area contributed by atoms with Gasteiger partial charge in [0.2, 0.25) is 0 Å². The zero-order chi connectivity index (χ0) is 5.98. The second-order valence-corrected chi connectivity index (χ2v) is 1.25. The fraction of sp³-hybridized carbons (Fsp3) is 0.333. The molecule has 0 radical (unpaired) electrons. The highest BCUT2D eigenvalue weighted by atomic mass is 16.6. The van der Waals surface area contributed by atoms with E-state index >= 15 is 0 Å². The number of nitrogen functional groups attached to an aromatic ring is 1. The molecule has 0 saturated heterocycles. The molecule has 1 aromatic rings. The SMILES string of the molecule is Nc1nonc1CO. The minimum absolute atomic E-state index is 0.146. The summed E-state index contributed by atoms with van der Waals surface area (Å²) in [6, 6.07) is 0. The average molecular weight is 115 g/mol. The quantitative estimate of drug-likeness (QED) is 0.497. The standard InChI is InChI=1S/C3H5N3O2/c4-3-2(1-7)5-8-6-3/h7H,1H2,(H2,4,6). The van der Waals surface area contributed by atoms with Crippen molar-refractivity contribution in [2.75, 3.05) is 5.73 Å². The molecule has 5 nitrogen and oxygen atoms in total. The molecule has 0 aromatic carbocycles. The van der Waals surface area contributed by atoms with Crippen molar-refractivity contribution in [1.29, 1.82) is 0 Å². The zero-order valence-electron chi connectivity index (χ0n) is 4.03. The van der Waals surface area contributed by atoms with Crippen LogP contribution in [-0.4, -0.2) is 15.4 Å². The van der Waals surface area contributed by atoms with Gasteiger partial charge in [-0.2, -0.15) is 0 Å². The molecule has 1 heterocycles. The Labute approximate surface area is 45.1 Å². The predicted molar refractivity (Wildman–Crippen MR) is 24.6 cm³/mol. The highest BCUT2D eigenvalue weighted by Gasteiger charge is 2.01. The lowest BCUT2D eigenvalue weighted by Crippen LogP contribution is -1.91. The molecule has 0 aliphatic heterocycles. The molecule has 0 fully saturated rings. The topological polar surface area (TPSA) is 85.2 Å². The van der Waals surface area contributed by atoms with Crippen LogP contribution in [0.25, 0.3) is 0 Å². The van der Waals surface area contributed by atoms with Crippen LogP contribution in [0.3, 0.4) is 0 Å². The number of aliphatic hydroxyl groups excluding tert-OH is 1. The van der Waals surface area contributed by atoms with Crippen LogP contribution in [0.5, 0.6) is 0 Å². The van der Waals surface area contributed by atoms with E-state index in [-0.39, 0.29) is 18.1 Å². The summed E-state index contributed by atoms with van der Waals surface area (Å²) >= 11 is 0. The molecule has 0 aliphatic rings. The normalized spacial score (nSPS) is 9.62. The van der Waals surface area contributed by atoms with Gasteiger partial charge in [0.05, 0.1) is 6.61 Å². The van der Waals surface area contributed by atoms with Crippen LogP contribution >= 0.6 is 0 Å². The Morgan fingerprint density at radius 1 is 1.62 bits per heavy atom. The van der Waals surface area contributed by atoms with Crippen LogP contribution in [0.15, 0.2) is 4.63 Å².